The van der Waals surface area contributed by atoms with Crippen LogP contribution in [0.2, 0.25) is 5.02 Å². The predicted molar refractivity (Wildman–Crippen MR) is 89.6 cm³/mol. The predicted octanol–water partition coefficient (Wildman–Crippen LogP) is 7.17. The first-order chi connectivity index (χ1) is 7.99. The highest BCUT2D eigenvalue weighted by Gasteiger charge is 2.18. The summed E-state index contributed by atoms with van der Waals surface area (Å²) in [5.74, 6) is 0. The van der Waals surface area contributed by atoms with Crippen LogP contribution in [0.3, 0.4) is 0 Å². The van der Waals surface area contributed by atoms with Crippen LogP contribution < -0.4 is 0 Å². The van der Waals surface area contributed by atoms with Crippen LogP contribution in [-0.4, -0.2) is 0 Å². The van der Waals surface area contributed by atoms with Gasteiger partial charge in [-0.3, -0.25) is 0 Å². The third-order valence-corrected chi connectivity index (χ3v) is 6.40. The SMILES string of the molecule is Clc1ccc(Br)cc1C(Br)c1cc(Br)sc1Br. The Balaban J connectivity index is 2.46. The lowest BCUT2D eigenvalue weighted by Gasteiger charge is -2.12. The minimum Gasteiger partial charge on any atom is -0.121 e. The number of hydrogen-bond donors (Lipinski definition) is 0. The van der Waals surface area contributed by atoms with Crippen LogP contribution in [-0.2, 0) is 0 Å². The minimum atomic E-state index is 0.0735. The topological polar surface area (TPSA) is 0 Å². The highest BCUT2D eigenvalue weighted by Crippen LogP contribution is 2.44. The fourth-order valence-corrected chi connectivity index (χ4v) is 6.24. The number of thiophene rings is 1. The van der Waals surface area contributed by atoms with E-state index < -0.39 is 0 Å². The van der Waals surface area contributed by atoms with E-state index in [0.29, 0.717) is 0 Å². The third kappa shape index (κ3) is 3.37. The molecule has 1 heterocycles. The van der Waals surface area contributed by atoms with Gasteiger partial charge in [-0.15, -0.1) is 11.3 Å². The maximum atomic E-state index is 6.23. The molecule has 0 saturated heterocycles. The molecule has 0 saturated carbocycles. The van der Waals surface area contributed by atoms with Crippen molar-refractivity contribution in [3.05, 3.63) is 52.5 Å². The molecular weight excluding hydrogens is 519 g/mol. The summed E-state index contributed by atoms with van der Waals surface area (Å²) in [6, 6.07) is 7.94. The molecule has 2 aromatic rings. The lowest BCUT2D eigenvalue weighted by atomic mass is 10.1. The molecule has 0 fully saturated rings. The number of halogens is 5. The fourth-order valence-electron chi connectivity index (χ4n) is 1.40. The monoisotopic (exact) mass is 520 g/mol. The van der Waals surface area contributed by atoms with E-state index in [4.69, 9.17) is 11.6 Å². The van der Waals surface area contributed by atoms with Gasteiger partial charge in [-0.25, -0.2) is 0 Å². The van der Waals surface area contributed by atoms with Crippen molar-refractivity contribution in [2.45, 2.75) is 4.83 Å². The van der Waals surface area contributed by atoms with Gasteiger partial charge in [0.2, 0.25) is 0 Å². The third-order valence-electron chi connectivity index (χ3n) is 2.19. The van der Waals surface area contributed by atoms with Crippen LogP contribution in [0, 0.1) is 0 Å². The lowest BCUT2D eigenvalue weighted by Crippen LogP contribution is -1.92. The molecule has 1 aromatic heterocycles. The van der Waals surface area contributed by atoms with Crippen LogP contribution in [0.25, 0.3) is 0 Å². The summed E-state index contributed by atoms with van der Waals surface area (Å²) in [5.41, 5.74) is 2.22. The maximum Gasteiger partial charge on any atom is 0.0757 e. The van der Waals surface area contributed by atoms with Gasteiger partial charge in [0.25, 0.3) is 0 Å². The summed E-state index contributed by atoms with van der Waals surface area (Å²) < 4.78 is 3.21. The largest absolute Gasteiger partial charge is 0.121 e. The molecule has 1 unspecified atom stereocenters. The van der Waals surface area contributed by atoms with Crippen molar-refractivity contribution < 1.29 is 0 Å². The number of alkyl halides is 1. The van der Waals surface area contributed by atoms with E-state index in [1.54, 1.807) is 11.3 Å². The van der Waals surface area contributed by atoms with E-state index in [1.807, 2.05) is 18.2 Å². The zero-order valence-electron chi connectivity index (χ0n) is 8.18. The average molecular weight is 524 g/mol. The summed E-state index contributed by atoms with van der Waals surface area (Å²) in [6.45, 7) is 0. The summed E-state index contributed by atoms with van der Waals surface area (Å²) in [7, 11) is 0. The molecule has 0 aliphatic rings. The van der Waals surface area contributed by atoms with Crippen molar-refractivity contribution >= 4 is 86.7 Å². The highest BCUT2D eigenvalue weighted by atomic mass is 79.9. The molecule has 0 nitrogen and oxygen atoms in total. The van der Waals surface area contributed by atoms with Crippen LogP contribution >= 0.6 is 86.7 Å². The molecule has 1 aromatic carbocycles. The molecule has 0 amide bonds. The quantitative estimate of drug-likeness (QED) is 0.366. The van der Waals surface area contributed by atoms with Crippen LogP contribution in [0.1, 0.15) is 16.0 Å². The Morgan fingerprint density at radius 2 is 1.76 bits per heavy atom. The van der Waals surface area contributed by atoms with E-state index in [0.717, 1.165) is 22.6 Å². The van der Waals surface area contributed by atoms with Gasteiger partial charge in [0.15, 0.2) is 0 Å². The summed E-state index contributed by atoms with van der Waals surface area (Å²) in [6.07, 6.45) is 0. The smallest absolute Gasteiger partial charge is 0.0757 e. The first-order valence-corrected chi connectivity index (χ1v) is 9.01. The Hall–Kier alpha value is 1.13. The van der Waals surface area contributed by atoms with E-state index >= 15 is 0 Å². The number of benzene rings is 1. The second kappa shape index (κ2) is 6.06. The molecule has 17 heavy (non-hydrogen) atoms. The van der Waals surface area contributed by atoms with Crippen molar-refractivity contribution in [3.63, 3.8) is 0 Å². The van der Waals surface area contributed by atoms with E-state index in [2.05, 4.69) is 69.8 Å². The standard InChI is InChI=1S/C11H5Br4ClS/c12-5-1-2-8(16)6(3-5)10(14)7-4-9(13)17-11(7)15/h1-4,10H. The van der Waals surface area contributed by atoms with Crippen LogP contribution in [0.15, 0.2) is 36.3 Å². The molecule has 1 atom stereocenters. The maximum absolute atomic E-state index is 6.23. The van der Waals surface area contributed by atoms with Crippen molar-refractivity contribution in [3.8, 4) is 0 Å². The molecule has 2 rings (SSSR count). The van der Waals surface area contributed by atoms with Gasteiger partial charge in [-0.2, -0.15) is 0 Å². The lowest BCUT2D eigenvalue weighted by molar-refractivity contribution is 1.18. The molecule has 0 N–H and O–H groups in total. The van der Waals surface area contributed by atoms with Crippen molar-refractivity contribution in [2.24, 2.45) is 0 Å². The van der Waals surface area contributed by atoms with Crippen LogP contribution in [0.4, 0.5) is 0 Å². The van der Waals surface area contributed by atoms with Gasteiger partial charge in [-0.1, -0.05) is 43.5 Å². The van der Waals surface area contributed by atoms with Gasteiger partial charge < -0.3 is 0 Å². The molecule has 0 spiro atoms. The zero-order valence-corrected chi connectivity index (χ0v) is 16.1. The molecule has 0 aliphatic heterocycles. The summed E-state index contributed by atoms with van der Waals surface area (Å²) in [5, 5.41) is 0.754. The van der Waals surface area contributed by atoms with E-state index in [9.17, 15) is 0 Å². The van der Waals surface area contributed by atoms with Crippen molar-refractivity contribution in [1.29, 1.82) is 0 Å². The Bertz CT molecular complexity index is 552. The van der Waals surface area contributed by atoms with Gasteiger partial charge in [-0.05, 0) is 67.3 Å². The Morgan fingerprint density at radius 1 is 1.06 bits per heavy atom. The van der Waals surface area contributed by atoms with Gasteiger partial charge >= 0.3 is 0 Å². The van der Waals surface area contributed by atoms with Gasteiger partial charge in [0.05, 0.1) is 12.4 Å². The zero-order chi connectivity index (χ0) is 12.6. The van der Waals surface area contributed by atoms with Gasteiger partial charge in [0, 0.05) is 9.50 Å². The molecule has 0 radical (unpaired) electrons. The second-order valence-electron chi connectivity index (χ2n) is 3.31. The highest BCUT2D eigenvalue weighted by molar-refractivity contribution is 9.12. The molecule has 6 heteroatoms. The summed E-state index contributed by atoms with van der Waals surface area (Å²) >= 11 is 22.1. The Labute approximate surface area is 142 Å². The van der Waals surface area contributed by atoms with Crippen molar-refractivity contribution in [1.82, 2.24) is 0 Å². The van der Waals surface area contributed by atoms with E-state index in [1.165, 1.54) is 5.56 Å². The fraction of sp³-hybridized carbons (Fsp3) is 0.0909. The molecule has 0 bridgehead atoms. The first kappa shape index (κ1) is 14.5. The first-order valence-electron chi connectivity index (χ1n) is 4.53. The molecular formula is C11H5Br4ClS. The molecule has 0 aliphatic carbocycles. The average Bonchev–Trinajstić information content (AvgIpc) is 2.60. The van der Waals surface area contributed by atoms with Crippen LogP contribution in [0.5, 0.6) is 0 Å². The normalized spacial score (nSPS) is 12.8. The summed E-state index contributed by atoms with van der Waals surface area (Å²) in [4.78, 5) is 0.0735. The van der Waals surface area contributed by atoms with E-state index in [-0.39, 0.29) is 4.83 Å². The Kier molecular flexibility index (Phi) is 5.18. The number of hydrogen-bond acceptors (Lipinski definition) is 1. The second-order valence-corrected chi connectivity index (χ2v) is 9.30. The molecule has 90 valence electrons. The number of rotatable bonds is 2. The minimum absolute atomic E-state index is 0.0735. The van der Waals surface area contributed by atoms with Crippen molar-refractivity contribution in [2.75, 3.05) is 0 Å². The van der Waals surface area contributed by atoms with Gasteiger partial charge in [0.1, 0.15) is 0 Å². The Morgan fingerprint density at radius 3 is 2.35 bits per heavy atom.